The van der Waals surface area contributed by atoms with Crippen LogP contribution < -0.4 is 4.98 Å². The van der Waals surface area contributed by atoms with Crippen molar-refractivity contribution in [2.24, 2.45) is 16.8 Å². The van der Waals surface area contributed by atoms with Crippen molar-refractivity contribution in [2.75, 3.05) is 0 Å². The molecule has 4 heteroatoms. The van der Waals surface area contributed by atoms with Crippen LogP contribution in [-0.2, 0) is 6.42 Å². The first-order valence-corrected chi connectivity index (χ1v) is 7.60. The molecule has 0 bridgehead atoms. The van der Waals surface area contributed by atoms with Crippen molar-refractivity contribution in [1.82, 2.24) is 15.2 Å². The topological polar surface area (TPSA) is 55.1 Å². The zero-order valence-corrected chi connectivity index (χ0v) is 11.5. The van der Waals surface area contributed by atoms with Gasteiger partial charge in [-0.05, 0) is 42.2 Å². The molecule has 4 nitrogen and oxygen atoms in total. The van der Waals surface area contributed by atoms with E-state index in [1.54, 1.807) is 0 Å². The van der Waals surface area contributed by atoms with E-state index in [0.717, 1.165) is 23.7 Å². The molecule has 1 fully saturated rings. The molecule has 1 atom stereocenters. The number of H-pyrrole nitrogens is 1. The van der Waals surface area contributed by atoms with E-state index in [2.05, 4.69) is 26.4 Å². The van der Waals surface area contributed by atoms with Crippen molar-refractivity contribution in [1.29, 1.82) is 0 Å². The molecule has 0 aromatic carbocycles. The molecule has 104 valence electrons. The Labute approximate surface area is 118 Å². The summed E-state index contributed by atoms with van der Waals surface area (Å²) >= 11 is 0. The molecule has 0 amide bonds. The maximum Gasteiger partial charge on any atom is 0.0565 e. The maximum absolute atomic E-state index is 4.61. The first-order chi connectivity index (χ1) is 9.92. The Morgan fingerprint density at radius 2 is 2.10 bits per heavy atom. The molecule has 1 unspecified atom stereocenters. The number of nitrogens with one attached hydrogen (secondary N) is 1. The third-order valence-corrected chi connectivity index (χ3v) is 4.80. The molecular weight excluding hydrogens is 248 g/mol. The Morgan fingerprint density at radius 3 is 2.90 bits per heavy atom. The Balaban J connectivity index is 1.62. The summed E-state index contributed by atoms with van der Waals surface area (Å²) in [6, 6.07) is 0. The van der Waals surface area contributed by atoms with Crippen LogP contribution in [0.5, 0.6) is 0 Å². The molecule has 2 aromatic rings. The molecule has 2 aliphatic rings. The van der Waals surface area contributed by atoms with Gasteiger partial charge in [-0.2, -0.15) is 5.10 Å². The summed E-state index contributed by atoms with van der Waals surface area (Å²) in [5, 5.41) is 6.93. The smallest absolute Gasteiger partial charge is 0.0565 e. The SMILES string of the molecule is C1=Nc2[n-]cc(-c3cn[nH]c3)c2CC1C1CCCCC1. The average Bonchev–Trinajstić information content (AvgIpc) is 3.16. The highest BCUT2D eigenvalue weighted by molar-refractivity contribution is 5.77. The Morgan fingerprint density at radius 1 is 1.20 bits per heavy atom. The van der Waals surface area contributed by atoms with E-state index in [9.17, 15) is 0 Å². The predicted octanol–water partition coefficient (Wildman–Crippen LogP) is 3.49. The van der Waals surface area contributed by atoms with Crippen molar-refractivity contribution < 1.29 is 0 Å². The van der Waals surface area contributed by atoms with Gasteiger partial charge in [0.15, 0.2) is 0 Å². The number of hydrogen-bond acceptors (Lipinski definition) is 2. The molecule has 0 radical (unpaired) electrons. The van der Waals surface area contributed by atoms with E-state index in [-0.39, 0.29) is 0 Å². The van der Waals surface area contributed by atoms with Gasteiger partial charge in [-0.25, -0.2) is 0 Å². The Bertz CT molecular complexity index is 602. The Hall–Kier alpha value is -1.84. The molecule has 1 saturated carbocycles. The summed E-state index contributed by atoms with van der Waals surface area (Å²) < 4.78 is 0. The van der Waals surface area contributed by atoms with Crippen molar-refractivity contribution in [3.05, 3.63) is 24.2 Å². The fraction of sp³-hybridized carbons (Fsp3) is 0.500. The van der Waals surface area contributed by atoms with E-state index < -0.39 is 0 Å². The minimum absolute atomic E-state index is 0.595. The lowest BCUT2D eigenvalue weighted by Crippen LogP contribution is -2.23. The zero-order valence-electron chi connectivity index (χ0n) is 11.5. The van der Waals surface area contributed by atoms with E-state index in [1.165, 1.54) is 43.2 Å². The first kappa shape index (κ1) is 11.9. The van der Waals surface area contributed by atoms with Gasteiger partial charge in [0.25, 0.3) is 0 Å². The number of rotatable bonds is 2. The van der Waals surface area contributed by atoms with E-state index in [0.29, 0.717) is 5.92 Å². The molecular formula is C16H19N4-. The monoisotopic (exact) mass is 267 g/mol. The van der Waals surface area contributed by atoms with Crippen LogP contribution in [0.3, 0.4) is 0 Å². The van der Waals surface area contributed by atoms with Crippen LogP contribution in [0.4, 0.5) is 5.82 Å². The number of aromatic nitrogens is 3. The van der Waals surface area contributed by atoms with Gasteiger partial charge in [0.05, 0.1) is 6.20 Å². The first-order valence-electron chi connectivity index (χ1n) is 7.60. The van der Waals surface area contributed by atoms with E-state index >= 15 is 0 Å². The largest absolute Gasteiger partial charge is 0.446 e. The normalized spacial score (nSPS) is 22.9. The lowest BCUT2D eigenvalue weighted by molar-refractivity contribution is 0.300. The van der Waals surface area contributed by atoms with Crippen LogP contribution in [0.2, 0.25) is 0 Å². The third-order valence-electron chi connectivity index (χ3n) is 4.80. The second kappa shape index (κ2) is 4.93. The molecule has 1 N–H and O–H groups in total. The minimum Gasteiger partial charge on any atom is -0.446 e. The number of nitrogens with zero attached hydrogens (tertiary/aromatic N) is 3. The fourth-order valence-electron chi connectivity index (χ4n) is 3.67. The van der Waals surface area contributed by atoms with Gasteiger partial charge in [-0.1, -0.05) is 37.5 Å². The summed E-state index contributed by atoms with van der Waals surface area (Å²) in [4.78, 5) is 9.07. The summed E-state index contributed by atoms with van der Waals surface area (Å²) in [5.74, 6) is 2.32. The van der Waals surface area contributed by atoms with Crippen LogP contribution in [-0.4, -0.2) is 16.4 Å². The number of aromatic amines is 1. The van der Waals surface area contributed by atoms with Gasteiger partial charge in [0, 0.05) is 11.8 Å². The molecule has 4 rings (SSSR count). The number of fused-ring (bicyclic) bond motifs is 1. The Kier molecular flexibility index (Phi) is 2.94. The molecule has 0 saturated heterocycles. The van der Waals surface area contributed by atoms with Crippen molar-refractivity contribution in [3.63, 3.8) is 0 Å². The average molecular weight is 267 g/mol. The highest BCUT2D eigenvalue weighted by atomic mass is 15.1. The highest BCUT2D eigenvalue weighted by Crippen LogP contribution is 2.39. The van der Waals surface area contributed by atoms with Crippen LogP contribution in [0.25, 0.3) is 11.1 Å². The van der Waals surface area contributed by atoms with Gasteiger partial charge in [-0.15, -0.1) is 0 Å². The summed E-state index contributed by atoms with van der Waals surface area (Å²) in [6.07, 6.45) is 15.9. The number of aliphatic imine (C=N–C) groups is 1. The molecule has 3 heterocycles. The second-order valence-corrected chi connectivity index (χ2v) is 6.01. The fourth-order valence-corrected chi connectivity index (χ4v) is 3.67. The molecule has 20 heavy (non-hydrogen) atoms. The van der Waals surface area contributed by atoms with Gasteiger partial charge < -0.3 is 9.98 Å². The van der Waals surface area contributed by atoms with Gasteiger partial charge in [-0.3, -0.25) is 5.10 Å². The maximum atomic E-state index is 4.61. The van der Waals surface area contributed by atoms with E-state index in [4.69, 9.17) is 0 Å². The molecule has 2 aromatic heterocycles. The lowest BCUT2D eigenvalue weighted by atomic mass is 9.77. The summed E-state index contributed by atoms with van der Waals surface area (Å²) in [6.45, 7) is 0. The van der Waals surface area contributed by atoms with Gasteiger partial charge in [0.2, 0.25) is 0 Å². The summed E-state index contributed by atoms with van der Waals surface area (Å²) in [5.41, 5.74) is 3.63. The highest BCUT2D eigenvalue weighted by Gasteiger charge is 2.24. The predicted molar refractivity (Wildman–Crippen MR) is 79.3 cm³/mol. The quantitative estimate of drug-likeness (QED) is 0.905. The van der Waals surface area contributed by atoms with Crippen molar-refractivity contribution in [3.8, 4) is 11.1 Å². The van der Waals surface area contributed by atoms with Crippen molar-refractivity contribution in [2.45, 2.75) is 38.5 Å². The van der Waals surface area contributed by atoms with Gasteiger partial charge in [0.1, 0.15) is 0 Å². The van der Waals surface area contributed by atoms with E-state index in [1.807, 2.05) is 18.6 Å². The molecule has 0 spiro atoms. The van der Waals surface area contributed by atoms with Crippen LogP contribution >= 0.6 is 0 Å². The zero-order chi connectivity index (χ0) is 13.4. The minimum atomic E-state index is 0.595. The summed E-state index contributed by atoms with van der Waals surface area (Å²) in [7, 11) is 0. The van der Waals surface area contributed by atoms with Gasteiger partial charge >= 0.3 is 0 Å². The van der Waals surface area contributed by atoms with Crippen LogP contribution in [0, 0.1) is 11.8 Å². The van der Waals surface area contributed by atoms with Crippen molar-refractivity contribution >= 4 is 12.0 Å². The second-order valence-electron chi connectivity index (χ2n) is 6.01. The molecule has 1 aliphatic carbocycles. The van der Waals surface area contributed by atoms with Crippen LogP contribution in [0.15, 0.2) is 23.6 Å². The lowest BCUT2D eigenvalue weighted by Gasteiger charge is -2.32. The standard InChI is InChI=1S/C16H19N4/c1-2-4-11(5-3-1)12-6-14-15(13-8-19-20-9-13)10-18-16(14)17-7-12/h7-12H,1-6H2,(H,19,20)/q-1. The van der Waals surface area contributed by atoms with Crippen LogP contribution in [0.1, 0.15) is 37.7 Å². The molecule has 1 aliphatic heterocycles. The third kappa shape index (κ3) is 1.99. The number of hydrogen-bond donors (Lipinski definition) is 1.